The van der Waals surface area contributed by atoms with Crippen molar-refractivity contribution in [3.8, 4) is 0 Å². The van der Waals surface area contributed by atoms with Crippen molar-refractivity contribution in [1.82, 2.24) is 0 Å². The highest BCUT2D eigenvalue weighted by Gasteiger charge is 2.24. The number of hydrogen-bond acceptors (Lipinski definition) is 5. The van der Waals surface area contributed by atoms with Crippen LogP contribution in [0.25, 0.3) is 0 Å². The first-order valence-corrected chi connectivity index (χ1v) is 7.84. The molecule has 0 radical (unpaired) electrons. The van der Waals surface area contributed by atoms with Crippen LogP contribution in [0.5, 0.6) is 0 Å². The number of nitrogens with zero attached hydrogens (tertiary/aromatic N) is 2. The fourth-order valence-corrected chi connectivity index (χ4v) is 2.72. The van der Waals surface area contributed by atoms with Gasteiger partial charge in [-0.15, -0.1) is 0 Å². The SMILES string of the molecule is COCCN(C)c1c(N(C)CCCC(C)(C)C)c(=O)c1=S. The highest BCUT2D eigenvalue weighted by molar-refractivity contribution is 7.71. The second-order valence-electron chi connectivity index (χ2n) is 6.86. The minimum atomic E-state index is 0.00234. The highest BCUT2D eigenvalue weighted by Crippen LogP contribution is 2.30. The molecule has 0 N–H and O–H groups in total. The Balaban J connectivity index is 2.72. The van der Waals surface area contributed by atoms with Crippen LogP contribution in [-0.4, -0.2) is 40.9 Å². The molecule has 0 aliphatic carbocycles. The van der Waals surface area contributed by atoms with Crippen LogP contribution >= 0.6 is 12.2 Å². The molecule has 1 aromatic carbocycles. The van der Waals surface area contributed by atoms with E-state index in [-0.39, 0.29) is 5.43 Å². The summed E-state index contributed by atoms with van der Waals surface area (Å²) in [5, 5.41) is 0. The molecule has 0 heterocycles. The molecule has 0 amide bonds. The Morgan fingerprint density at radius 3 is 2.19 bits per heavy atom. The zero-order valence-electron chi connectivity index (χ0n) is 14.2. The van der Waals surface area contributed by atoms with E-state index in [2.05, 4.69) is 20.8 Å². The Morgan fingerprint density at radius 1 is 1.10 bits per heavy atom. The van der Waals surface area contributed by atoms with Crippen LogP contribution in [0.1, 0.15) is 33.6 Å². The molecule has 0 fully saturated rings. The third-order valence-corrected chi connectivity index (χ3v) is 4.05. The van der Waals surface area contributed by atoms with Crippen molar-refractivity contribution in [1.29, 1.82) is 0 Å². The maximum atomic E-state index is 12.1. The molecular formula is C16H28N2O2S. The van der Waals surface area contributed by atoms with Gasteiger partial charge in [0.25, 0.3) is 0 Å². The van der Waals surface area contributed by atoms with Crippen LogP contribution in [0.3, 0.4) is 0 Å². The molecule has 0 atom stereocenters. The van der Waals surface area contributed by atoms with Crippen LogP contribution in [0.2, 0.25) is 0 Å². The average Bonchev–Trinajstić information content (AvgIpc) is 2.39. The van der Waals surface area contributed by atoms with Crippen molar-refractivity contribution in [2.45, 2.75) is 33.6 Å². The monoisotopic (exact) mass is 312 g/mol. The van der Waals surface area contributed by atoms with Crippen molar-refractivity contribution >= 4 is 23.6 Å². The minimum absolute atomic E-state index is 0.00234. The molecule has 0 aromatic heterocycles. The van der Waals surface area contributed by atoms with E-state index in [1.54, 1.807) is 7.11 Å². The first-order valence-electron chi connectivity index (χ1n) is 7.43. The van der Waals surface area contributed by atoms with Gasteiger partial charge in [0, 0.05) is 34.3 Å². The van der Waals surface area contributed by atoms with Gasteiger partial charge in [-0.25, -0.2) is 0 Å². The van der Waals surface area contributed by atoms with Gasteiger partial charge in [0.05, 0.1) is 12.3 Å². The normalized spacial score (nSPS) is 11.9. The molecule has 1 rings (SSSR count). The van der Waals surface area contributed by atoms with E-state index in [9.17, 15) is 4.79 Å². The quantitative estimate of drug-likeness (QED) is 0.689. The second-order valence-corrected chi connectivity index (χ2v) is 7.26. The van der Waals surface area contributed by atoms with Crippen LogP contribution in [0, 0.1) is 9.93 Å². The molecule has 5 heteroatoms. The predicted molar refractivity (Wildman–Crippen MR) is 93.0 cm³/mol. The molecule has 0 aliphatic heterocycles. The Kier molecular flexibility index (Phi) is 6.35. The number of likely N-dealkylation sites (N-methyl/N-ethyl adjacent to an activating group) is 1. The van der Waals surface area contributed by atoms with Crippen LogP contribution in [0.4, 0.5) is 11.4 Å². The van der Waals surface area contributed by atoms with Gasteiger partial charge in [-0.3, -0.25) is 4.79 Å². The lowest BCUT2D eigenvalue weighted by atomic mass is 9.90. The van der Waals surface area contributed by atoms with Gasteiger partial charge in [-0.1, -0.05) is 33.0 Å². The fraction of sp³-hybridized carbons (Fsp3) is 0.750. The molecule has 0 saturated carbocycles. The summed E-state index contributed by atoms with van der Waals surface area (Å²) < 4.78 is 5.54. The van der Waals surface area contributed by atoms with E-state index in [1.165, 1.54) is 0 Å². The molecule has 0 unspecified atom stereocenters. The Morgan fingerprint density at radius 2 is 1.67 bits per heavy atom. The molecule has 0 bridgehead atoms. The summed E-state index contributed by atoms with van der Waals surface area (Å²) in [4.78, 5) is 16.1. The molecule has 120 valence electrons. The summed E-state index contributed by atoms with van der Waals surface area (Å²) in [6.07, 6.45) is 2.21. The molecule has 0 saturated heterocycles. The zero-order valence-corrected chi connectivity index (χ0v) is 15.0. The number of rotatable bonds is 8. The van der Waals surface area contributed by atoms with Gasteiger partial charge in [-0.05, 0) is 18.3 Å². The molecule has 21 heavy (non-hydrogen) atoms. The second kappa shape index (κ2) is 7.36. The summed E-state index contributed by atoms with van der Waals surface area (Å²) in [5.74, 6) is 0. The van der Waals surface area contributed by atoms with Gasteiger partial charge < -0.3 is 14.5 Å². The lowest BCUT2D eigenvalue weighted by molar-refractivity contribution is 0.206. The van der Waals surface area contributed by atoms with Crippen molar-refractivity contribution in [2.75, 3.05) is 50.7 Å². The van der Waals surface area contributed by atoms with E-state index in [4.69, 9.17) is 17.0 Å². The first kappa shape index (κ1) is 18.1. The summed E-state index contributed by atoms with van der Waals surface area (Å²) in [7, 11) is 5.60. The van der Waals surface area contributed by atoms with Crippen LogP contribution in [0.15, 0.2) is 4.79 Å². The molecule has 1 aromatic rings. The van der Waals surface area contributed by atoms with Crippen molar-refractivity contribution in [3.05, 3.63) is 14.7 Å². The zero-order chi connectivity index (χ0) is 16.2. The van der Waals surface area contributed by atoms with E-state index in [0.29, 0.717) is 16.5 Å². The van der Waals surface area contributed by atoms with E-state index in [1.807, 2.05) is 23.9 Å². The first-order chi connectivity index (χ1) is 9.69. The van der Waals surface area contributed by atoms with E-state index < -0.39 is 0 Å². The maximum absolute atomic E-state index is 12.1. The summed E-state index contributed by atoms with van der Waals surface area (Å²) >= 11 is 5.21. The van der Waals surface area contributed by atoms with Crippen LogP contribution in [-0.2, 0) is 4.74 Å². The molecule has 0 aliphatic rings. The number of hydrogen-bond donors (Lipinski definition) is 0. The largest absolute Gasteiger partial charge is 0.383 e. The van der Waals surface area contributed by atoms with E-state index in [0.717, 1.165) is 37.3 Å². The van der Waals surface area contributed by atoms with Gasteiger partial charge in [-0.2, -0.15) is 0 Å². The maximum Gasteiger partial charge on any atom is 0.224 e. The minimum Gasteiger partial charge on any atom is -0.383 e. The van der Waals surface area contributed by atoms with Gasteiger partial charge in [0.2, 0.25) is 5.43 Å². The predicted octanol–water partition coefficient (Wildman–Crippen LogP) is 3.00. The highest BCUT2D eigenvalue weighted by atomic mass is 32.1. The lowest BCUT2D eigenvalue weighted by Gasteiger charge is -2.30. The smallest absolute Gasteiger partial charge is 0.224 e. The Hall–Kier alpha value is -0.940. The van der Waals surface area contributed by atoms with Gasteiger partial charge in [0.1, 0.15) is 10.2 Å². The standard InChI is InChI=1S/C16H28N2O2S/c1-16(2,3)8-7-9-17(4)12-13(15(21)14(12)19)18(5)10-11-20-6/h7-11H2,1-6H3. The Labute approximate surface area is 133 Å². The molecule has 0 spiro atoms. The van der Waals surface area contributed by atoms with Crippen molar-refractivity contribution in [3.63, 3.8) is 0 Å². The summed E-state index contributed by atoms with van der Waals surface area (Å²) in [5.41, 5.74) is 1.98. The third-order valence-electron chi connectivity index (χ3n) is 3.68. The topological polar surface area (TPSA) is 32.8 Å². The average molecular weight is 312 g/mol. The van der Waals surface area contributed by atoms with Crippen molar-refractivity contribution in [2.24, 2.45) is 5.41 Å². The number of methoxy groups -OCH3 is 1. The van der Waals surface area contributed by atoms with Gasteiger partial charge in [0.15, 0.2) is 0 Å². The van der Waals surface area contributed by atoms with Gasteiger partial charge >= 0.3 is 0 Å². The van der Waals surface area contributed by atoms with Crippen molar-refractivity contribution < 1.29 is 4.74 Å². The lowest BCUT2D eigenvalue weighted by Crippen LogP contribution is -2.35. The Bertz CT molecular complexity index is 527. The molecule has 4 nitrogen and oxygen atoms in total. The number of ether oxygens (including phenoxy) is 1. The third kappa shape index (κ3) is 4.78. The fourth-order valence-electron chi connectivity index (χ4n) is 2.37. The summed E-state index contributed by atoms with van der Waals surface area (Å²) in [6.45, 7) is 8.94. The molecular weight excluding hydrogens is 284 g/mol. The summed E-state index contributed by atoms with van der Waals surface area (Å²) in [6, 6.07) is 0. The number of anilines is 2. The van der Waals surface area contributed by atoms with E-state index >= 15 is 0 Å². The van der Waals surface area contributed by atoms with Crippen LogP contribution < -0.4 is 15.2 Å².